The molecule has 7 heteroatoms. The Morgan fingerprint density at radius 2 is 2.12 bits per heavy atom. The second-order valence-electron chi connectivity index (χ2n) is 6.51. The highest BCUT2D eigenvalue weighted by Crippen LogP contribution is 2.53. The van der Waals surface area contributed by atoms with E-state index in [1.165, 1.54) is 20.1 Å². The van der Waals surface area contributed by atoms with Crippen molar-refractivity contribution in [3.05, 3.63) is 35.9 Å². The lowest BCUT2D eigenvalue weighted by molar-refractivity contribution is -0.128. The van der Waals surface area contributed by atoms with E-state index < -0.39 is 35.4 Å². The summed E-state index contributed by atoms with van der Waals surface area (Å²) in [6.45, 7) is 1.03. The molecule has 0 spiro atoms. The minimum Gasteiger partial charge on any atom is -0.495 e. The maximum absolute atomic E-state index is 13.0. The van der Waals surface area contributed by atoms with Gasteiger partial charge in [-0.25, -0.2) is 4.90 Å². The van der Waals surface area contributed by atoms with Crippen LogP contribution in [0.3, 0.4) is 0 Å². The minimum atomic E-state index is -1.15. The fourth-order valence-corrected chi connectivity index (χ4v) is 4.01. The van der Waals surface area contributed by atoms with Gasteiger partial charge in [0.25, 0.3) is 0 Å². The number of carbonyl (C=O) groups excluding carboxylic acids is 3. The fraction of sp³-hybridized carbons (Fsp3) is 0.389. The zero-order chi connectivity index (χ0) is 17.9. The molecule has 0 aromatic heterocycles. The fourth-order valence-electron chi connectivity index (χ4n) is 4.01. The quantitative estimate of drug-likeness (QED) is 0.491. The lowest BCUT2D eigenvalue weighted by Crippen LogP contribution is -2.43. The molecule has 7 nitrogen and oxygen atoms in total. The third kappa shape index (κ3) is 1.96. The molecule has 130 valence electrons. The van der Waals surface area contributed by atoms with Crippen molar-refractivity contribution in [1.82, 2.24) is 0 Å². The highest BCUT2D eigenvalue weighted by Gasteiger charge is 2.67. The van der Waals surface area contributed by atoms with Gasteiger partial charge in [0.1, 0.15) is 11.4 Å². The molecule has 25 heavy (non-hydrogen) atoms. The van der Waals surface area contributed by atoms with Gasteiger partial charge in [-0.3, -0.25) is 14.4 Å². The number of Topliss-reactive ketones (excluding diaryl/α,β-unsaturated/α-hetero) is 1. The highest BCUT2D eigenvalue weighted by molar-refractivity contribution is 6.24. The van der Waals surface area contributed by atoms with Crippen LogP contribution in [0.1, 0.15) is 17.3 Å². The van der Waals surface area contributed by atoms with Gasteiger partial charge in [0.05, 0.1) is 37.3 Å². The number of methoxy groups -OCH3 is 1. The van der Waals surface area contributed by atoms with E-state index in [0.29, 0.717) is 11.3 Å². The number of carbonyl (C=O) groups is 3. The smallest absolute Gasteiger partial charge is 0.241 e. The highest BCUT2D eigenvalue weighted by atomic mass is 16.5. The van der Waals surface area contributed by atoms with Crippen LogP contribution < -0.4 is 9.64 Å². The van der Waals surface area contributed by atoms with E-state index in [1.807, 2.05) is 0 Å². The molecule has 3 aliphatic heterocycles. The van der Waals surface area contributed by atoms with Crippen LogP contribution in [-0.4, -0.2) is 48.1 Å². The minimum absolute atomic E-state index is 0.180. The topological polar surface area (TPSA) is 93.1 Å². The van der Waals surface area contributed by atoms with Gasteiger partial charge in [-0.15, -0.1) is 0 Å². The maximum atomic E-state index is 13.0. The number of aliphatic hydroxyl groups excluding tert-OH is 1. The van der Waals surface area contributed by atoms with E-state index in [-0.39, 0.29) is 18.1 Å². The molecule has 3 aliphatic rings. The summed E-state index contributed by atoms with van der Waals surface area (Å²) in [5.74, 6) is -2.15. The van der Waals surface area contributed by atoms with Crippen LogP contribution in [0, 0.1) is 11.8 Å². The van der Waals surface area contributed by atoms with E-state index in [4.69, 9.17) is 9.47 Å². The first-order valence-electron chi connectivity index (χ1n) is 7.98. The van der Waals surface area contributed by atoms with Crippen LogP contribution in [-0.2, 0) is 14.3 Å². The molecule has 0 unspecified atom stereocenters. The number of amides is 2. The number of ether oxygens (including phenoxy) is 2. The average Bonchev–Trinajstić information content (AvgIpc) is 3.25. The molecule has 2 bridgehead atoms. The zero-order valence-electron chi connectivity index (χ0n) is 13.8. The Kier molecular flexibility index (Phi) is 3.35. The molecule has 4 atom stereocenters. The molecule has 3 heterocycles. The van der Waals surface area contributed by atoms with Crippen LogP contribution in [0.5, 0.6) is 5.75 Å². The number of nitrogens with zero attached hydrogens (tertiary/aromatic N) is 1. The van der Waals surface area contributed by atoms with Gasteiger partial charge in [-0.05, 0) is 25.1 Å². The van der Waals surface area contributed by atoms with E-state index in [9.17, 15) is 19.5 Å². The van der Waals surface area contributed by atoms with Crippen LogP contribution in [0.2, 0.25) is 0 Å². The number of benzene rings is 1. The molecule has 2 saturated heterocycles. The van der Waals surface area contributed by atoms with Crippen molar-refractivity contribution in [2.45, 2.75) is 18.6 Å². The van der Waals surface area contributed by atoms with E-state index in [2.05, 4.69) is 0 Å². The molecule has 1 N–H and O–H groups in total. The zero-order valence-corrected chi connectivity index (χ0v) is 13.8. The van der Waals surface area contributed by atoms with E-state index >= 15 is 0 Å². The van der Waals surface area contributed by atoms with Gasteiger partial charge in [0.15, 0.2) is 5.78 Å². The maximum Gasteiger partial charge on any atom is 0.241 e. The molecule has 4 rings (SSSR count). The van der Waals surface area contributed by atoms with Crippen LogP contribution >= 0.6 is 0 Å². The number of hydrogen-bond acceptors (Lipinski definition) is 6. The summed E-state index contributed by atoms with van der Waals surface area (Å²) in [6.07, 6.45) is 2.85. The standard InChI is InChI=1S/C18H17NO6/c1-9(21)10-3-4-12(24-2)11(7-10)19-16(22)14-13-5-6-18(8-20,25-13)15(14)17(19)23/h3-7,13-15,20H,8H2,1-2H3/t13-,14+,15-,18-/m0/s1. The van der Waals surface area contributed by atoms with Crippen LogP contribution in [0.4, 0.5) is 5.69 Å². The van der Waals surface area contributed by atoms with Gasteiger partial charge < -0.3 is 14.6 Å². The second-order valence-corrected chi connectivity index (χ2v) is 6.51. The van der Waals surface area contributed by atoms with Gasteiger partial charge in [0.2, 0.25) is 11.8 Å². The van der Waals surface area contributed by atoms with Crippen LogP contribution in [0.25, 0.3) is 0 Å². The molecule has 0 aliphatic carbocycles. The summed E-state index contributed by atoms with van der Waals surface area (Å²) in [5, 5.41) is 9.74. The third-order valence-corrected chi connectivity index (χ3v) is 5.23. The Bertz CT molecular complexity index is 831. The summed E-state index contributed by atoms with van der Waals surface area (Å²) >= 11 is 0. The van der Waals surface area contributed by atoms with Crippen molar-refractivity contribution in [2.75, 3.05) is 18.6 Å². The molecule has 1 aromatic carbocycles. The summed E-state index contributed by atoms with van der Waals surface area (Å²) in [4.78, 5) is 38.8. The third-order valence-electron chi connectivity index (χ3n) is 5.23. The summed E-state index contributed by atoms with van der Waals surface area (Å²) in [7, 11) is 1.43. The summed E-state index contributed by atoms with van der Waals surface area (Å²) in [6, 6.07) is 4.63. The lowest BCUT2D eigenvalue weighted by Gasteiger charge is -2.26. The van der Waals surface area contributed by atoms with E-state index in [1.54, 1.807) is 24.3 Å². The molecule has 2 amide bonds. The van der Waals surface area contributed by atoms with Crippen molar-refractivity contribution in [3.8, 4) is 5.75 Å². The number of imide groups is 1. The average molecular weight is 343 g/mol. The first kappa shape index (κ1) is 16.0. The Morgan fingerprint density at radius 1 is 1.36 bits per heavy atom. The molecular formula is C18H17NO6. The Labute approximate surface area is 143 Å². The first-order valence-corrected chi connectivity index (χ1v) is 7.98. The van der Waals surface area contributed by atoms with Crippen molar-refractivity contribution in [1.29, 1.82) is 0 Å². The normalized spacial score (nSPS) is 32.4. The molecule has 0 radical (unpaired) electrons. The second kappa shape index (κ2) is 5.24. The van der Waals surface area contributed by atoms with Crippen molar-refractivity contribution in [3.63, 3.8) is 0 Å². The predicted molar refractivity (Wildman–Crippen MR) is 86.3 cm³/mol. The number of rotatable bonds is 4. The van der Waals surface area contributed by atoms with Crippen LogP contribution in [0.15, 0.2) is 30.4 Å². The largest absolute Gasteiger partial charge is 0.495 e. The Hall–Kier alpha value is -2.51. The first-order chi connectivity index (χ1) is 11.9. The Balaban J connectivity index is 1.81. The van der Waals surface area contributed by atoms with Crippen molar-refractivity contribution >= 4 is 23.3 Å². The number of hydrogen-bond donors (Lipinski definition) is 1. The van der Waals surface area contributed by atoms with Gasteiger partial charge in [-0.1, -0.05) is 12.2 Å². The monoisotopic (exact) mass is 343 g/mol. The van der Waals surface area contributed by atoms with Gasteiger partial charge in [0, 0.05) is 5.56 Å². The predicted octanol–water partition coefficient (Wildman–Crippen LogP) is 0.703. The lowest BCUT2D eigenvalue weighted by atomic mass is 9.77. The van der Waals surface area contributed by atoms with Gasteiger partial charge in [-0.2, -0.15) is 0 Å². The molecular weight excluding hydrogens is 326 g/mol. The number of aliphatic hydroxyl groups is 1. The SMILES string of the molecule is COc1ccc(C(C)=O)cc1N1C(=O)[C@@H]2[C@@H]3C=C[C@@](CO)(O3)[C@@H]2C1=O. The van der Waals surface area contributed by atoms with Crippen molar-refractivity contribution < 1.29 is 29.0 Å². The number of anilines is 1. The summed E-state index contributed by atoms with van der Waals surface area (Å²) < 4.78 is 11.0. The molecule has 2 fully saturated rings. The molecule has 1 aromatic rings. The van der Waals surface area contributed by atoms with Crippen molar-refractivity contribution in [2.24, 2.45) is 11.8 Å². The van der Waals surface area contributed by atoms with E-state index in [0.717, 1.165) is 4.90 Å². The summed E-state index contributed by atoms with van der Waals surface area (Å²) in [5.41, 5.74) is -0.530. The number of fused-ring (bicyclic) bond motifs is 5. The number of ketones is 1. The Morgan fingerprint density at radius 3 is 2.76 bits per heavy atom. The molecule has 0 saturated carbocycles. The van der Waals surface area contributed by atoms with Gasteiger partial charge >= 0.3 is 0 Å².